The third-order valence-corrected chi connectivity index (χ3v) is 0. The second-order valence-electron chi connectivity index (χ2n) is 0.707. The van der Waals surface area contributed by atoms with Gasteiger partial charge in [-0.3, -0.25) is 0 Å². The van der Waals surface area contributed by atoms with E-state index in [9.17, 15) is 0 Å². The van der Waals surface area contributed by atoms with Crippen LogP contribution in [-0.2, 0) is 4.57 Å². The molecule has 0 N–H and O–H groups in total. The summed E-state index contributed by atoms with van der Waals surface area (Å²) in [6.07, 6.45) is 0. The van der Waals surface area contributed by atoms with E-state index in [4.69, 9.17) is 9.46 Å². The Hall–Kier alpha value is 1.54. The molecular weight excluding hydrogens is 202 g/mol. The van der Waals surface area contributed by atoms with Crippen molar-refractivity contribution in [3.05, 3.63) is 0 Å². The van der Waals surface area contributed by atoms with Crippen molar-refractivity contribution in [3.63, 3.8) is 0 Å². The van der Waals surface area contributed by atoms with Gasteiger partial charge in [-0.15, -0.1) is 0 Å². The summed E-state index contributed by atoms with van der Waals surface area (Å²) in [6, 6.07) is 0. The fourth-order valence-electron chi connectivity index (χ4n) is 0. The number of halogens is 1. The molecule has 0 aromatic rings. The number of hydrogen-bond acceptors (Lipinski definition) is 2. The van der Waals surface area contributed by atoms with E-state index >= 15 is 0 Å². The molecule has 0 aliphatic heterocycles. The van der Waals surface area contributed by atoms with Crippen LogP contribution in [0.15, 0.2) is 0 Å². The summed E-state index contributed by atoms with van der Waals surface area (Å²) in [6.45, 7) is 3.16. The first kappa shape index (κ1) is 16.3. The van der Waals surface area contributed by atoms with E-state index in [1.165, 1.54) is 0 Å². The van der Waals surface area contributed by atoms with Gasteiger partial charge >= 0.3 is 37.6 Å². The maximum atomic E-state index is 9.04. The van der Waals surface area contributed by atoms with Gasteiger partial charge in [0.2, 0.25) is 0 Å². The molecule has 0 aromatic carbocycles. The van der Waals surface area contributed by atoms with E-state index in [0.717, 1.165) is 12.0 Å². The molecule has 0 heterocycles. The Balaban J connectivity index is -0.0000000575. The number of rotatable bonds is 0. The van der Waals surface area contributed by atoms with Gasteiger partial charge in [0, 0.05) is 5.33 Å². The van der Waals surface area contributed by atoms with Crippen LogP contribution in [0.2, 0.25) is 0 Å². The van der Waals surface area contributed by atoms with Crippen molar-refractivity contribution in [2.75, 3.05) is 12.0 Å². The van der Waals surface area contributed by atoms with Gasteiger partial charge in [0.05, 0.1) is 0 Å². The van der Waals surface area contributed by atoms with Crippen LogP contribution in [0.3, 0.4) is 0 Å². The largest absolute Gasteiger partial charge is 1.00 e. The average molecular weight is 210 g/mol. The van der Waals surface area contributed by atoms with Gasteiger partial charge in [-0.2, -0.15) is 0 Å². The molecule has 2 nitrogen and oxygen atoms in total. The van der Waals surface area contributed by atoms with Gasteiger partial charge in [-0.1, -0.05) is 27.4 Å². The normalized spacial score (nSPS) is 7.75. The summed E-state index contributed by atoms with van der Waals surface area (Å²) in [7, 11) is -2.12. The molecule has 0 spiro atoms. The fourth-order valence-corrected chi connectivity index (χ4v) is 0. The Kier molecular flexibility index (Phi) is 32.2. The molecule has 0 radical (unpaired) electrons. The Morgan fingerprint density at radius 3 is 1.75 bits per heavy atom. The van der Waals surface area contributed by atoms with Crippen LogP contribution in [0.4, 0.5) is 0 Å². The molecule has 0 saturated heterocycles. The van der Waals surface area contributed by atoms with Gasteiger partial charge < -0.3 is 4.89 Å². The molecule has 0 fully saturated rings. The molecule has 0 amide bonds. The second-order valence-corrected chi connectivity index (χ2v) is 2.71. The van der Waals surface area contributed by atoms with E-state index in [0.29, 0.717) is 0 Å². The number of hydrogen-bond donors (Lipinski definition) is 0. The van der Waals surface area contributed by atoms with Gasteiger partial charge in [0.25, 0.3) is 0 Å². The van der Waals surface area contributed by atoms with Gasteiger partial charge in [0.1, 0.15) is 6.66 Å². The van der Waals surface area contributed by atoms with Crippen LogP contribution in [0.5, 0.6) is 0 Å². The van der Waals surface area contributed by atoms with Crippen LogP contribution in [0.1, 0.15) is 6.92 Å². The molecule has 0 aromatic heterocycles. The minimum absolute atomic E-state index is 0. The minimum Gasteiger partial charge on any atom is -0.596 e. The van der Waals surface area contributed by atoms with Gasteiger partial charge in [-0.25, -0.2) is 0 Å². The second kappa shape index (κ2) is 15.8. The van der Waals surface area contributed by atoms with Gasteiger partial charge in [-0.05, 0) is 0 Å². The summed E-state index contributed by atoms with van der Waals surface area (Å²) in [5.41, 5.74) is 0. The zero-order chi connectivity index (χ0) is 6.28. The summed E-state index contributed by atoms with van der Waals surface area (Å²) in [5, 5.41) is 1.06. The first-order valence-corrected chi connectivity index (χ1v) is 4.53. The monoisotopic (exact) mass is 209 g/mol. The molecule has 5 heteroatoms. The standard InChI is InChI=1S/C2H5Br.CH3O2P.Na/c1-2-3;1-4(2)3;/h2H2,1H3;1H3;/q;;+1. The maximum absolute atomic E-state index is 9.04. The van der Waals surface area contributed by atoms with Crippen molar-refractivity contribution in [3.8, 4) is 0 Å². The average Bonchev–Trinajstić information content (AvgIpc) is 1.33. The SMILES string of the molecule is CCBr.C[P+](=O)[O-].[Na+]. The zero-order valence-corrected chi connectivity index (χ0v) is 9.83. The van der Waals surface area contributed by atoms with Crippen LogP contribution < -0.4 is 34.5 Å². The molecule has 0 aliphatic carbocycles. The predicted octanol–water partition coefficient (Wildman–Crippen LogP) is -1.88. The molecule has 8 heavy (non-hydrogen) atoms. The Morgan fingerprint density at radius 1 is 1.75 bits per heavy atom. The van der Waals surface area contributed by atoms with Crippen molar-refractivity contribution >= 4 is 24.0 Å². The third kappa shape index (κ3) is 136. The first-order valence-electron chi connectivity index (χ1n) is 1.79. The van der Waals surface area contributed by atoms with Crippen LogP contribution in [0.25, 0.3) is 0 Å². The van der Waals surface area contributed by atoms with Crippen molar-refractivity contribution < 1.29 is 39.0 Å². The van der Waals surface area contributed by atoms with Crippen molar-refractivity contribution in [1.82, 2.24) is 0 Å². The molecule has 0 bridgehead atoms. The summed E-state index contributed by atoms with van der Waals surface area (Å²) in [5.74, 6) is 0. The first-order chi connectivity index (χ1) is 3.15. The summed E-state index contributed by atoms with van der Waals surface area (Å²) in [4.78, 5) is 9.04. The van der Waals surface area contributed by atoms with E-state index < -0.39 is 8.03 Å². The fraction of sp³-hybridized carbons (Fsp3) is 1.00. The smallest absolute Gasteiger partial charge is 0.596 e. The Bertz CT molecular complexity index is 48.5. The topological polar surface area (TPSA) is 40.1 Å². The Morgan fingerprint density at radius 2 is 1.75 bits per heavy atom. The summed E-state index contributed by atoms with van der Waals surface area (Å²) < 4.78 is 9.04. The van der Waals surface area contributed by atoms with Crippen LogP contribution in [0, 0.1) is 0 Å². The molecule has 1 unspecified atom stereocenters. The van der Waals surface area contributed by atoms with E-state index in [1.54, 1.807) is 0 Å². The molecule has 0 rings (SSSR count). The van der Waals surface area contributed by atoms with Gasteiger partial charge in [0.15, 0.2) is 0 Å². The van der Waals surface area contributed by atoms with E-state index in [-0.39, 0.29) is 29.6 Å². The third-order valence-electron chi connectivity index (χ3n) is 0. The van der Waals surface area contributed by atoms with Crippen LogP contribution in [-0.4, -0.2) is 12.0 Å². The quantitative estimate of drug-likeness (QED) is 0.267. The van der Waals surface area contributed by atoms with E-state index in [2.05, 4.69) is 15.9 Å². The Labute approximate surface area is 81.3 Å². The van der Waals surface area contributed by atoms with Crippen molar-refractivity contribution in [2.24, 2.45) is 0 Å². The van der Waals surface area contributed by atoms with E-state index in [1.807, 2.05) is 6.92 Å². The molecule has 44 valence electrons. The molecular formula is C3H8BrNaO2P+. The number of alkyl halides is 1. The molecule has 0 aliphatic rings. The predicted molar refractivity (Wildman–Crippen MR) is 33.0 cm³/mol. The maximum Gasteiger partial charge on any atom is 1.00 e. The zero-order valence-electron chi connectivity index (χ0n) is 5.35. The van der Waals surface area contributed by atoms with Crippen LogP contribution >= 0.6 is 24.0 Å². The minimum atomic E-state index is -2.12. The van der Waals surface area contributed by atoms with Crippen molar-refractivity contribution in [2.45, 2.75) is 6.92 Å². The molecule has 1 atom stereocenters. The molecule has 0 saturated carbocycles. The summed E-state index contributed by atoms with van der Waals surface area (Å²) >= 11 is 3.15. The van der Waals surface area contributed by atoms with Crippen molar-refractivity contribution in [1.29, 1.82) is 0 Å².